The van der Waals surface area contributed by atoms with Gasteiger partial charge in [0.1, 0.15) is 6.04 Å². The Labute approximate surface area is 157 Å². The van der Waals surface area contributed by atoms with E-state index in [2.05, 4.69) is 10.6 Å². The van der Waals surface area contributed by atoms with Gasteiger partial charge in [0.25, 0.3) is 0 Å². The van der Waals surface area contributed by atoms with Crippen molar-refractivity contribution >= 4 is 17.8 Å². The summed E-state index contributed by atoms with van der Waals surface area (Å²) in [6, 6.07) is 10.4. The number of hydrogen-bond donors (Lipinski definition) is 3. The minimum Gasteiger partial charge on any atom is -0.465 e. The quantitative estimate of drug-likeness (QED) is 0.587. The monoisotopic (exact) mass is 372 g/mol. The van der Waals surface area contributed by atoms with E-state index in [4.69, 9.17) is 9.52 Å². The molecule has 1 aromatic heterocycles. The Morgan fingerprint density at radius 1 is 1.00 bits per heavy atom. The molecule has 0 spiro atoms. The van der Waals surface area contributed by atoms with Gasteiger partial charge in [0.05, 0.1) is 12.3 Å². The maximum absolute atomic E-state index is 12.7. The van der Waals surface area contributed by atoms with Crippen LogP contribution in [0.3, 0.4) is 0 Å². The third-order valence-corrected chi connectivity index (χ3v) is 4.00. The minimum absolute atomic E-state index is 0.147. The van der Waals surface area contributed by atoms with Crippen LogP contribution in [0.2, 0.25) is 0 Å². The van der Waals surface area contributed by atoms with E-state index in [-0.39, 0.29) is 23.9 Å². The fraction of sp³-hybridized carbons (Fsp3) is 0.350. The number of amides is 2. The number of hydrogen-bond acceptors (Lipinski definition) is 4. The molecule has 27 heavy (non-hydrogen) atoms. The molecule has 2 rings (SSSR count). The van der Waals surface area contributed by atoms with Gasteiger partial charge in [0.15, 0.2) is 5.76 Å². The second-order valence-corrected chi connectivity index (χ2v) is 6.72. The zero-order valence-electron chi connectivity index (χ0n) is 15.3. The van der Waals surface area contributed by atoms with Crippen LogP contribution in [0.25, 0.3) is 0 Å². The Morgan fingerprint density at radius 3 is 2.26 bits per heavy atom. The van der Waals surface area contributed by atoms with Crippen LogP contribution in [0.5, 0.6) is 0 Å². The Hall–Kier alpha value is -3.09. The topological polar surface area (TPSA) is 109 Å². The molecule has 2 aromatic rings. The van der Waals surface area contributed by atoms with Gasteiger partial charge in [-0.1, -0.05) is 44.2 Å². The number of furan rings is 1. The largest absolute Gasteiger partial charge is 0.465 e. The number of Topliss-reactive ketones (excluding diaryl/α,β-unsaturated/α-hetero) is 1. The van der Waals surface area contributed by atoms with Crippen molar-refractivity contribution in [2.24, 2.45) is 5.92 Å². The number of benzene rings is 1. The van der Waals surface area contributed by atoms with Gasteiger partial charge in [-0.2, -0.15) is 0 Å². The van der Waals surface area contributed by atoms with Crippen LogP contribution in [0.1, 0.15) is 36.4 Å². The lowest BCUT2D eigenvalue weighted by atomic mass is 9.98. The number of rotatable bonds is 9. The zero-order chi connectivity index (χ0) is 19.8. The molecule has 0 aliphatic rings. The van der Waals surface area contributed by atoms with E-state index in [0.29, 0.717) is 6.42 Å². The van der Waals surface area contributed by atoms with E-state index in [1.165, 1.54) is 6.26 Å². The van der Waals surface area contributed by atoms with Gasteiger partial charge in [0, 0.05) is 6.42 Å². The first-order valence-electron chi connectivity index (χ1n) is 8.78. The highest BCUT2D eigenvalue weighted by Gasteiger charge is 2.29. The predicted octanol–water partition coefficient (Wildman–Crippen LogP) is 2.87. The van der Waals surface area contributed by atoms with Gasteiger partial charge in [-0.15, -0.1) is 0 Å². The molecule has 3 N–H and O–H groups in total. The number of carbonyl (C=O) groups is 3. The lowest BCUT2D eigenvalue weighted by Crippen LogP contribution is -2.52. The van der Waals surface area contributed by atoms with Gasteiger partial charge in [-0.3, -0.25) is 9.59 Å². The molecule has 0 saturated heterocycles. The number of nitrogens with one attached hydrogen (secondary N) is 2. The molecular formula is C20H24N2O5. The summed E-state index contributed by atoms with van der Waals surface area (Å²) in [5.74, 6) is -0.580. The van der Waals surface area contributed by atoms with Crippen LogP contribution >= 0.6 is 0 Å². The Balaban J connectivity index is 2.15. The highest BCUT2D eigenvalue weighted by molar-refractivity contribution is 6.00. The summed E-state index contributed by atoms with van der Waals surface area (Å²) >= 11 is 0. The molecule has 0 saturated carbocycles. The van der Waals surface area contributed by atoms with Crippen molar-refractivity contribution in [1.29, 1.82) is 0 Å². The molecule has 0 radical (unpaired) electrons. The first-order valence-corrected chi connectivity index (χ1v) is 8.78. The average Bonchev–Trinajstić information content (AvgIpc) is 3.14. The first-order chi connectivity index (χ1) is 12.9. The molecule has 0 bridgehead atoms. The second kappa shape index (κ2) is 9.56. The molecule has 2 amide bonds. The van der Waals surface area contributed by atoms with Crippen molar-refractivity contribution in [2.75, 3.05) is 0 Å². The molecular weight excluding hydrogens is 348 g/mol. The maximum Gasteiger partial charge on any atom is 0.405 e. The second-order valence-electron chi connectivity index (χ2n) is 6.72. The Kier molecular flexibility index (Phi) is 7.16. The maximum atomic E-state index is 12.7. The van der Waals surface area contributed by atoms with Crippen LogP contribution in [0.4, 0.5) is 4.79 Å². The van der Waals surface area contributed by atoms with Crippen LogP contribution in [0, 0.1) is 5.92 Å². The number of carboxylic acid groups (broad SMARTS) is 1. The number of carbonyl (C=O) groups excluding carboxylic acids is 2. The van der Waals surface area contributed by atoms with E-state index >= 15 is 0 Å². The van der Waals surface area contributed by atoms with Gasteiger partial charge >= 0.3 is 6.09 Å². The molecule has 1 aromatic carbocycles. The minimum atomic E-state index is -1.30. The third-order valence-electron chi connectivity index (χ3n) is 4.00. The highest BCUT2D eigenvalue weighted by Crippen LogP contribution is 2.13. The Bertz CT molecular complexity index is 756. The predicted molar refractivity (Wildman–Crippen MR) is 99.5 cm³/mol. The van der Waals surface area contributed by atoms with Crippen molar-refractivity contribution in [3.63, 3.8) is 0 Å². The van der Waals surface area contributed by atoms with E-state index in [1.807, 2.05) is 44.2 Å². The van der Waals surface area contributed by atoms with Gasteiger partial charge in [0.2, 0.25) is 11.7 Å². The lowest BCUT2D eigenvalue weighted by molar-refractivity contribution is -0.123. The summed E-state index contributed by atoms with van der Waals surface area (Å²) < 4.78 is 5.15. The van der Waals surface area contributed by atoms with Crippen molar-refractivity contribution in [3.8, 4) is 0 Å². The van der Waals surface area contributed by atoms with Crippen LogP contribution in [0.15, 0.2) is 53.1 Å². The standard InChI is InChI=1S/C20H24N2O5/c1-13(2)11-15(18(23)17-9-6-10-27-17)21-19(24)16(22-20(25)26)12-14-7-4-3-5-8-14/h3-10,13,15-16,22H,11-12H2,1-2H3,(H,21,24)(H,25,26). The number of ketones is 1. The van der Waals surface area contributed by atoms with Gasteiger partial charge in [-0.25, -0.2) is 4.79 Å². The average molecular weight is 372 g/mol. The van der Waals surface area contributed by atoms with E-state index in [1.54, 1.807) is 12.1 Å². The van der Waals surface area contributed by atoms with Crippen molar-refractivity contribution in [3.05, 3.63) is 60.1 Å². The van der Waals surface area contributed by atoms with E-state index in [9.17, 15) is 14.4 Å². The molecule has 0 aliphatic carbocycles. The van der Waals surface area contributed by atoms with Crippen LogP contribution < -0.4 is 10.6 Å². The molecule has 7 nitrogen and oxygen atoms in total. The van der Waals surface area contributed by atoms with E-state index < -0.39 is 24.1 Å². The molecule has 2 unspecified atom stereocenters. The first kappa shape index (κ1) is 20.2. The van der Waals surface area contributed by atoms with Crippen molar-refractivity contribution in [2.45, 2.75) is 38.8 Å². The molecule has 0 aliphatic heterocycles. The molecule has 144 valence electrons. The van der Waals surface area contributed by atoms with Gasteiger partial charge in [-0.05, 0) is 30.0 Å². The molecule has 1 heterocycles. The smallest absolute Gasteiger partial charge is 0.405 e. The summed E-state index contributed by atoms with van der Waals surface area (Å²) in [6.45, 7) is 3.87. The van der Waals surface area contributed by atoms with Crippen molar-refractivity contribution in [1.82, 2.24) is 10.6 Å². The summed E-state index contributed by atoms with van der Waals surface area (Å²) in [7, 11) is 0. The van der Waals surface area contributed by atoms with E-state index in [0.717, 1.165) is 5.56 Å². The normalized spacial score (nSPS) is 13.0. The fourth-order valence-electron chi connectivity index (χ4n) is 2.77. The lowest BCUT2D eigenvalue weighted by Gasteiger charge is -2.23. The zero-order valence-corrected chi connectivity index (χ0v) is 15.3. The summed E-state index contributed by atoms with van der Waals surface area (Å²) in [6.07, 6.45) is 0.688. The molecule has 7 heteroatoms. The summed E-state index contributed by atoms with van der Waals surface area (Å²) in [5.41, 5.74) is 0.809. The van der Waals surface area contributed by atoms with Gasteiger partial charge < -0.3 is 20.2 Å². The molecule has 0 fully saturated rings. The Morgan fingerprint density at radius 2 is 1.70 bits per heavy atom. The fourth-order valence-corrected chi connectivity index (χ4v) is 2.77. The van der Waals surface area contributed by atoms with Crippen LogP contribution in [-0.4, -0.2) is 35.0 Å². The SMILES string of the molecule is CC(C)CC(NC(=O)C(Cc1ccccc1)NC(=O)O)C(=O)c1ccco1. The summed E-state index contributed by atoms with van der Waals surface area (Å²) in [4.78, 5) is 36.5. The third kappa shape index (κ3) is 6.29. The highest BCUT2D eigenvalue weighted by atomic mass is 16.4. The van der Waals surface area contributed by atoms with Crippen LogP contribution in [-0.2, 0) is 11.2 Å². The molecule has 2 atom stereocenters. The summed E-state index contributed by atoms with van der Waals surface area (Å²) in [5, 5.41) is 14.0. The van der Waals surface area contributed by atoms with Crippen molar-refractivity contribution < 1.29 is 23.9 Å².